The van der Waals surface area contributed by atoms with E-state index in [0.29, 0.717) is 18.7 Å². The number of primary amides is 1. The first-order valence-corrected chi connectivity index (χ1v) is 7.50. The number of methoxy groups -OCH3 is 1. The first kappa shape index (κ1) is 16.9. The van der Waals surface area contributed by atoms with Crippen LogP contribution in [0, 0.1) is 0 Å². The van der Waals surface area contributed by atoms with Gasteiger partial charge in [0.1, 0.15) is 28.1 Å². The van der Waals surface area contributed by atoms with Crippen molar-refractivity contribution in [1.29, 1.82) is 0 Å². The summed E-state index contributed by atoms with van der Waals surface area (Å²) in [5.74, 6) is -0.925. The molecule has 22 heavy (non-hydrogen) atoms. The number of carbonyl (C=O) groups excluding carboxylic acids is 2. The number of amides is 2. The van der Waals surface area contributed by atoms with Gasteiger partial charge in [0.2, 0.25) is 0 Å². The van der Waals surface area contributed by atoms with Gasteiger partial charge in [-0.3, -0.25) is 14.6 Å². The molecule has 116 valence electrons. The van der Waals surface area contributed by atoms with Crippen molar-refractivity contribution in [3.05, 3.63) is 24.0 Å². The van der Waals surface area contributed by atoms with Gasteiger partial charge in [0.25, 0.3) is 11.8 Å². The molecule has 1 aromatic heterocycles. The number of rotatable bonds is 5. The molecule has 1 aromatic rings. The Labute approximate surface area is 137 Å². The van der Waals surface area contributed by atoms with Crippen LogP contribution in [0.25, 0.3) is 0 Å². The van der Waals surface area contributed by atoms with E-state index >= 15 is 0 Å². The van der Waals surface area contributed by atoms with E-state index in [1.807, 2.05) is 6.92 Å². The van der Waals surface area contributed by atoms with Crippen LogP contribution in [0.5, 0.6) is 0 Å². The first-order chi connectivity index (χ1) is 10.3. The van der Waals surface area contributed by atoms with Gasteiger partial charge in [-0.2, -0.15) is 0 Å². The maximum Gasteiger partial charge on any atom is 0.267 e. The summed E-state index contributed by atoms with van der Waals surface area (Å²) >= 11 is 2.64. The third-order valence-corrected chi connectivity index (χ3v) is 4.04. The molecule has 0 aromatic carbocycles. The summed E-state index contributed by atoms with van der Waals surface area (Å²) in [7, 11) is 1.60. The van der Waals surface area contributed by atoms with Crippen molar-refractivity contribution in [2.24, 2.45) is 5.73 Å². The highest BCUT2D eigenvalue weighted by Gasteiger charge is 2.43. The standard InChI is InChI=1S/C14H18N3O4.Al/c1-14(8-20-2)5-3-11(21-14)13(19)17-9-4-6-16-10(7-9)12(15)18;/h3-4,6-7,11H,5,8H2,1-2H3,(H2,15,18)(H,16,17,19);/t11?,14-;/m0./s1. The topological polar surface area (TPSA) is 104 Å². The Kier molecular flexibility index (Phi) is 5.19. The summed E-state index contributed by atoms with van der Waals surface area (Å²) in [5.41, 5.74) is 5.23. The number of nitrogens with zero attached hydrogens (tertiary/aromatic N) is 1. The number of nitrogens with one attached hydrogen (secondary N) is 1. The van der Waals surface area contributed by atoms with Crippen molar-refractivity contribution >= 4 is 33.8 Å². The smallest absolute Gasteiger partial charge is 0.267 e. The van der Waals surface area contributed by atoms with Crippen LogP contribution in [-0.2, 0) is 14.3 Å². The van der Waals surface area contributed by atoms with Gasteiger partial charge >= 0.3 is 0 Å². The number of carbonyl (C=O) groups is 2. The van der Waals surface area contributed by atoms with Gasteiger partial charge in [-0.25, -0.2) is 0 Å². The average molecular weight is 319 g/mol. The van der Waals surface area contributed by atoms with E-state index in [1.165, 1.54) is 12.3 Å². The Hall–Kier alpha value is -1.46. The lowest BCUT2D eigenvalue weighted by Gasteiger charge is -2.23. The fourth-order valence-electron chi connectivity index (χ4n) is 2.55. The normalized spacial score (nSPS) is 27.5. The van der Waals surface area contributed by atoms with Gasteiger partial charge in [-0.05, 0) is 25.5 Å². The van der Waals surface area contributed by atoms with E-state index in [2.05, 4.69) is 26.6 Å². The van der Waals surface area contributed by atoms with Crippen LogP contribution in [0.1, 0.15) is 23.8 Å². The zero-order valence-electron chi connectivity index (χ0n) is 12.5. The van der Waals surface area contributed by atoms with Crippen LogP contribution in [0.4, 0.5) is 5.69 Å². The Morgan fingerprint density at radius 1 is 1.64 bits per heavy atom. The number of hydrogen-bond donors (Lipinski definition) is 2. The third-order valence-electron chi connectivity index (χ3n) is 3.46. The molecule has 2 rings (SSSR count). The highest BCUT2D eigenvalue weighted by molar-refractivity contribution is 6.15. The fraction of sp³-hybridized carbons (Fsp3) is 0.500. The molecule has 1 aliphatic heterocycles. The van der Waals surface area contributed by atoms with Crippen LogP contribution in [-0.4, -0.2) is 58.5 Å². The van der Waals surface area contributed by atoms with Crippen molar-refractivity contribution in [2.45, 2.75) is 29.8 Å². The molecule has 3 N–H and O–H groups in total. The molecule has 8 heteroatoms. The molecule has 0 spiro atoms. The van der Waals surface area contributed by atoms with E-state index < -0.39 is 17.6 Å². The Bertz CT molecular complexity index is 583. The summed E-state index contributed by atoms with van der Waals surface area (Å²) < 4.78 is 11.0. The second-order valence-corrected chi connectivity index (χ2v) is 6.43. The summed E-state index contributed by atoms with van der Waals surface area (Å²) in [4.78, 5) is 27.3. The molecule has 1 unspecified atom stereocenters. The summed E-state index contributed by atoms with van der Waals surface area (Å²) in [6.45, 7) is 2.33. The third kappa shape index (κ3) is 3.84. The van der Waals surface area contributed by atoms with Gasteiger partial charge in [0, 0.05) is 19.0 Å². The minimum atomic E-state index is -0.648. The lowest BCUT2D eigenvalue weighted by atomic mass is 10.0. The maximum absolute atomic E-state index is 12.4. The van der Waals surface area contributed by atoms with Gasteiger partial charge in [-0.1, -0.05) is 4.78 Å². The molecule has 2 radical (unpaired) electrons. The molecule has 3 atom stereocenters. The predicted molar refractivity (Wildman–Crippen MR) is 80.7 cm³/mol. The molecule has 1 fully saturated rings. The van der Waals surface area contributed by atoms with Crippen molar-refractivity contribution in [1.82, 2.24) is 4.98 Å². The molecule has 1 aliphatic rings. The Morgan fingerprint density at radius 3 is 3.00 bits per heavy atom. The average Bonchev–Trinajstić information content (AvgIpc) is 2.74. The number of anilines is 1. The van der Waals surface area contributed by atoms with Crippen molar-refractivity contribution < 1.29 is 19.1 Å². The maximum atomic E-state index is 12.4. The predicted octanol–water partition coefficient (Wildman–Crippen LogP) is 0.270. The highest BCUT2D eigenvalue weighted by Crippen LogP contribution is 2.37. The van der Waals surface area contributed by atoms with Gasteiger partial charge in [0.15, 0.2) is 0 Å². The molecule has 0 saturated carbocycles. The van der Waals surface area contributed by atoms with Gasteiger partial charge in [0.05, 0.1) is 12.2 Å². The summed E-state index contributed by atoms with van der Waals surface area (Å²) in [6, 6.07) is 3.02. The second kappa shape index (κ2) is 6.75. The lowest BCUT2D eigenvalue weighted by molar-refractivity contribution is -0.134. The van der Waals surface area contributed by atoms with Crippen LogP contribution < -0.4 is 11.1 Å². The minimum Gasteiger partial charge on any atom is -0.382 e. The Balaban J connectivity index is 2.06. The van der Waals surface area contributed by atoms with Crippen molar-refractivity contribution in [3.63, 3.8) is 0 Å². The van der Waals surface area contributed by atoms with E-state index in [1.54, 1.807) is 13.2 Å². The van der Waals surface area contributed by atoms with Crippen molar-refractivity contribution in [3.8, 4) is 0 Å². The zero-order valence-corrected chi connectivity index (χ0v) is 13.7. The number of nitrogens with two attached hydrogens (primary N) is 1. The number of ether oxygens (including phenoxy) is 2. The van der Waals surface area contributed by atoms with E-state index in [0.717, 1.165) is 0 Å². The van der Waals surface area contributed by atoms with Crippen LogP contribution in [0.3, 0.4) is 0 Å². The second-order valence-electron chi connectivity index (χ2n) is 5.57. The fourth-order valence-corrected chi connectivity index (χ4v) is 3.30. The molecular formula is C14H18AlN3O4. The number of pyridine rings is 1. The van der Waals surface area contributed by atoms with Gasteiger partial charge < -0.3 is 20.5 Å². The van der Waals surface area contributed by atoms with E-state index in [9.17, 15) is 9.59 Å². The molecule has 1 saturated heterocycles. The molecule has 0 aliphatic carbocycles. The van der Waals surface area contributed by atoms with E-state index in [4.69, 9.17) is 15.2 Å². The summed E-state index contributed by atoms with van der Waals surface area (Å²) in [5, 5.41) is 2.72. The summed E-state index contributed by atoms with van der Waals surface area (Å²) in [6.07, 6.45) is 1.51. The molecule has 2 heterocycles. The molecule has 7 nitrogen and oxygen atoms in total. The van der Waals surface area contributed by atoms with E-state index in [-0.39, 0.29) is 16.4 Å². The zero-order chi connectivity index (χ0) is 16.3. The van der Waals surface area contributed by atoms with Crippen LogP contribution in [0.15, 0.2) is 18.3 Å². The quantitative estimate of drug-likeness (QED) is 0.758. The number of aromatic nitrogens is 1. The highest BCUT2D eigenvalue weighted by atomic mass is 27.0. The van der Waals surface area contributed by atoms with Crippen molar-refractivity contribution in [2.75, 3.05) is 19.0 Å². The monoisotopic (exact) mass is 319 g/mol. The first-order valence-electron chi connectivity index (χ1n) is 6.84. The number of hydrogen-bond acceptors (Lipinski definition) is 5. The van der Waals surface area contributed by atoms with Gasteiger partial charge in [-0.15, -0.1) is 0 Å². The molecule has 0 bridgehead atoms. The molecule has 2 amide bonds. The lowest BCUT2D eigenvalue weighted by Crippen LogP contribution is -2.35. The Morgan fingerprint density at radius 2 is 2.36 bits per heavy atom. The van der Waals surface area contributed by atoms with Crippen LogP contribution in [0.2, 0.25) is 4.78 Å². The minimum absolute atomic E-state index is 0.0161. The largest absolute Gasteiger partial charge is 0.382 e. The SMILES string of the molecule is COC[C@]1(C)C[C@@H]([Al])C(C(=O)Nc2ccnc(C(N)=O)c2)O1. The van der Waals surface area contributed by atoms with Crippen LogP contribution >= 0.6 is 0 Å². The molecular weight excluding hydrogens is 301 g/mol.